The van der Waals surface area contributed by atoms with Gasteiger partial charge in [0.2, 0.25) is 0 Å². The van der Waals surface area contributed by atoms with Gasteiger partial charge in [-0.1, -0.05) is 81.5 Å². The van der Waals surface area contributed by atoms with Gasteiger partial charge in [-0.05, 0) is 61.3 Å². The normalized spacial score (nSPS) is 41.2. The largest absolute Gasteiger partial charge is 0.462 e. The van der Waals surface area contributed by atoms with E-state index in [2.05, 4.69) is 33.8 Å². The molecule has 3 fully saturated rings. The van der Waals surface area contributed by atoms with Gasteiger partial charge < -0.3 is 33.5 Å². The Morgan fingerprint density at radius 2 is 1.86 bits per heavy atom. The molecule has 272 valence electrons. The van der Waals surface area contributed by atoms with Crippen molar-refractivity contribution >= 4 is 11.8 Å². The van der Waals surface area contributed by atoms with Gasteiger partial charge in [0.1, 0.15) is 23.7 Å². The molecule has 9 heteroatoms. The van der Waals surface area contributed by atoms with Gasteiger partial charge in [-0.2, -0.15) is 0 Å². The second kappa shape index (κ2) is 15.4. The van der Waals surface area contributed by atoms with Crippen LogP contribution in [0, 0.1) is 17.8 Å². The highest BCUT2D eigenvalue weighted by atomic mass is 16.7. The van der Waals surface area contributed by atoms with Crippen LogP contribution in [0.1, 0.15) is 84.8 Å². The summed E-state index contributed by atoms with van der Waals surface area (Å²) in [5.74, 6) is -2.56. The number of rotatable bonds is 6. The van der Waals surface area contributed by atoms with Crippen LogP contribution >= 0.6 is 0 Å². The van der Waals surface area contributed by atoms with Crippen molar-refractivity contribution in [1.29, 1.82) is 0 Å². The highest BCUT2D eigenvalue weighted by Crippen LogP contribution is 2.46. The number of ketones is 1. The number of esters is 1. The summed E-state index contributed by atoms with van der Waals surface area (Å²) < 4.78 is 38.2. The van der Waals surface area contributed by atoms with E-state index in [1.807, 2.05) is 42.5 Å². The van der Waals surface area contributed by atoms with Crippen molar-refractivity contribution < 1.29 is 43.1 Å². The summed E-state index contributed by atoms with van der Waals surface area (Å²) in [6.45, 7) is 10.5. The molecule has 4 aliphatic heterocycles. The van der Waals surface area contributed by atoms with Gasteiger partial charge in [0.05, 0.1) is 31.5 Å². The van der Waals surface area contributed by atoms with Crippen molar-refractivity contribution in [3.63, 3.8) is 0 Å². The minimum Gasteiger partial charge on any atom is -0.462 e. The lowest BCUT2D eigenvalue weighted by atomic mass is 9.71. The Bertz CT molecular complexity index is 1510. The van der Waals surface area contributed by atoms with Crippen molar-refractivity contribution in [2.75, 3.05) is 20.3 Å². The molecule has 3 saturated heterocycles. The topological polar surface area (TPSA) is 110 Å². The van der Waals surface area contributed by atoms with Crippen LogP contribution in [-0.4, -0.2) is 79.1 Å². The molecule has 0 radical (unpaired) electrons. The first-order chi connectivity index (χ1) is 24.0. The summed E-state index contributed by atoms with van der Waals surface area (Å²) in [4.78, 5) is 27.3. The number of benzene rings is 1. The third-order valence-electron chi connectivity index (χ3n) is 11.4. The number of aliphatic hydroxyl groups is 1. The Morgan fingerprint density at radius 3 is 2.60 bits per heavy atom. The van der Waals surface area contributed by atoms with Crippen LogP contribution < -0.4 is 0 Å². The maximum absolute atomic E-state index is 14.1. The quantitative estimate of drug-likeness (QED) is 0.264. The standard InChI is InChI=1S/C41H54O9/c1-7-34-25(2)18-19-40(50-34)22-32-21-31(49-40)17-16-27(4)37(46-24-35(45-6)29-13-9-8-10-14-29)26(3)12-11-15-30-23-47-38-36(42)28(5)20-33(39(43)48-32)41(30,38)44/h8-16,20,25-26,31-35,37-38,44H,7,17-19,21-24H2,1-6H3/b12-11+,27-16+,30-15+/t25-,26-,31+,32-,33-,34+,35?,37+,38+,40+,41+/m0/s1. The van der Waals surface area contributed by atoms with Gasteiger partial charge in [0.25, 0.3) is 0 Å². The summed E-state index contributed by atoms with van der Waals surface area (Å²) in [6, 6.07) is 10.0. The average molecular weight is 691 g/mol. The molecule has 5 aliphatic rings. The van der Waals surface area contributed by atoms with E-state index in [4.69, 9.17) is 28.4 Å². The number of ether oxygens (including phenoxy) is 6. The first-order valence-corrected chi connectivity index (χ1v) is 18.3. The lowest BCUT2D eigenvalue weighted by molar-refractivity contribution is -0.335. The summed E-state index contributed by atoms with van der Waals surface area (Å²) in [7, 11) is 1.69. The number of fused-ring (bicyclic) bond motifs is 2. The third kappa shape index (κ3) is 7.36. The highest BCUT2D eigenvalue weighted by molar-refractivity contribution is 6.03. The van der Waals surface area contributed by atoms with E-state index in [-0.39, 0.29) is 42.7 Å². The van der Waals surface area contributed by atoms with Crippen LogP contribution in [-0.2, 0) is 38.0 Å². The number of carbonyl (C=O) groups excluding carboxylic acids is 2. The zero-order chi connectivity index (χ0) is 35.6. The molecule has 1 unspecified atom stereocenters. The predicted molar refractivity (Wildman–Crippen MR) is 188 cm³/mol. The molecule has 0 aromatic heterocycles. The molecular weight excluding hydrogens is 636 g/mol. The first-order valence-electron chi connectivity index (χ1n) is 18.3. The molecule has 0 saturated carbocycles. The number of Topliss-reactive ketones (excluding diaryl/α,β-unsaturated/α-hetero) is 1. The summed E-state index contributed by atoms with van der Waals surface area (Å²) in [6.07, 6.45) is 10.9. The van der Waals surface area contributed by atoms with Gasteiger partial charge >= 0.3 is 5.97 Å². The Labute approximate surface area is 296 Å². The zero-order valence-electron chi connectivity index (χ0n) is 30.3. The van der Waals surface area contributed by atoms with E-state index in [1.54, 1.807) is 26.2 Å². The molecule has 1 N–H and O–H groups in total. The van der Waals surface area contributed by atoms with Crippen molar-refractivity contribution in [3.05, 3.63) is 83.0 Å². The second-order valence-corrected chi connectivity index (χ2v) is 14.9. The maximum atomic E-state index is 14.1. The van der Waals surface area contributed by atoms with Gasteiger partial charge in [-0.25, -0.2) is 0 Å². The van der Waals surface area contributed by atoms with E-state index in [0.29, 0.717) is 49.4 Å². The van der Waals surface area contributed by atoms with E-state index in [9.17, 15) is 14.7 Å². The lowest BCUT2D eigenvalue weighted by Gasteiger charge is -2.49. The highest BCUT2D eigenvalue weighted by Gasteiger charge is 2.60. The first kappa shape index (κ1) is 36.9. The van der Waals surface area contributed by atoms with Crippen LogP contribution in [0.4, 0.5) is 0 Å². The Kier molecular flexibility index (Phi) is 11.3. The van der Waals surface area contributed by atoms with Crippen molar-refractivity contribution in [2.24, 2.45) is 17.8 Å². The van der Waals surface area contributed by atoms with E-state index in [0.717, 1.165) is 24.0 Å². The summed E-state index contributed by atoms with van der Waals surface area (Å²) >= 11 is 0. The third-order valence-corrected chi connectivity index (χ3v) is 11.4. The monoisotopic (exact) mass is 690 g/mol. The lowest BCUT2D eigenvalue weighted by Crippen LogP contribution is -2.57. The molecule has 1 aromatic rings. The molecule has 50 heavy (non-hydrogen) atoms. The van der Waals surface area contributed by atoms with Crippen LogP contribution in [0.3, 0.4) is 0 Å². The zero-order valence-corrected chi connectivity index (χ0v) is 30.3. The van der Waals surface area contributed by atoms with Crippen molar-refractivity contribution in [3.8, 4) is 0 Å². The summed E-state index contributed by atoms with van der Waals surface area (Å²) in [5, 5.41) is 12.3. The van der Waals surface area contributed by atoms with Crippen molar-refractivity contribution in [1.82, 2.24) is 0 Å². The molecule has 4 heterocycles. The van der Waals surface area contributed by atoms with Gasteiger partial charge in [-0.15, -0.1) is 0 Å². The molecule has 0 amide bonds. The fraction of sp³-hybridized carbons (Fsp3) is 0.610. The molecule has 1 aliphatic carbocycles. The number of hydrogen-bond donors (Lipinski definition) is 1. The fourth-order valence-electron chi connectivity index (χ4n) is 8.46. The van der Waals surface area contributed by atoms with Crippen LogP contribution in [0.2, 0.25) is 0 Å². The Hall–Kier alpha value is -2.92. The smallest absolute Gasteiger partial charge is 0.316 e. The Morgan fingerprint density at radius 1 is 1.08 bits per heavy atom. The van der Waals surface area contributed by atoms with Gasteiger partial charge in [0.15, 0.2) is 17.7 Å². The molecule has 6 rings (SSSR count). The minimum atomic E-state index is -1.86. The number of allylic oxidation sites excluding steroid dienone is 2. The van der Waals surface area contributed by atoms with Crippen LogP contribution in [0.5, 0.6) is 0 Å². The average Bonchev–Trinajstić information content (AvgIpc) is 3.45. The van der Waals surface area contributed by atoms with Gasteiger partial charge in [-0.3, -0.25) is 9.59 Å². The van der Waals surface area contributed by atoms with Crippen LogP contribution in [0.15, 0.2) is 77.4 Å². The van der Waals surface area contributed by atoms with Crippen molar-refractivity contribution in [2.45, 2.75) is 121 Å². The van der Waals surface area contributed by atoms with E-state index < -0.39 is 35.5 Å². The molecule has 9 nitrogen and oxygen atoms in total. The minimum absolute atomic E-state index is 0.0227. The van der Waals surface area contributed by atoms with E-state index in [1.165, 1.54) is 0 Å². The molecule has 2 bridgehead atoms. The summed E-state index contributed by atoms with van der Waals surface area (Å²) in [5.41, 5.74) is 1.06. The molecule has 11 atom stereocenters. The second-order valence-electron chi connectivity index (χ2n) is 14.9. The molecular formula is C41H54O9. The van der Waals surface area contributed by atoms with Gasteiger partial charge in [0, 0.05) is 32.3 Å². The SMILES string of the molecule is CC[C@H]1O[C@]2(CC[C@@H]1C)C[C@@H]1C[C@@H](C/C=C(\C)[C@H](OCC(OC)c3ccccc3)[C@@H](C)/C=C/C=C3\CO[C@@H]4C(=O)C(C)=C[C@@H](C(=O)O1)[C@]34O)O2. The molecule has 1 spiro atoms. The van der Waals surface area contributed by atoms with Crippen LogP contribution in [0.25, 0.3) is 0 Å². The number of hydrogen-bond acceptors (Lipinski definition) is 9. The Balaban J connectivity index is 1.36. The predicted octanol–water partition coefficient (Wildman–Crippen LogP) is 6.52. The number of carbonyl (C=O) groups is 2. The maximum Gasteiger partial charge on any atom is 0.316 e. The van der Waals surface area contributed by atoms with E-state index >= 15 is 0 Å². The fourth-order valence-corrected chi connectivity index (χ4v) is 8.46. The number of methoxy groups -OCH3 is 1. The molecule has 1 aromatic carbocycles.